The van der Waals surface area contributed by atoms with Crippen molar-refractivity contribution in [2.45, 2.75) is 25.8 Å². The van der Waals surface area contributed by atoms with Crippen molar-refractivity contribution in [1.82, 2.24) is 4.90 Å². The quantitative estimate of drug-likeness (QED) is 0.670. The summed E-state index contributed by atoms with van der Waals surface area (Å²) in [6.45, 7) is 2.94. The molecule has 2 saturated heterocycles. The van der Waals surface area contributed by atoms with Crippen LogP contribution in [0.2, 0.25) is 0 Å². The summed E-state index contributed by atoms with van der Waals surface area (Å²) in [5, 5.41) is 0. The Bertz CT molecular complexity index is 492. The molecule has 104 valence electrons. The highest BCUT2D eigenvalue weighted by Gasteiger charge is 2.89. The number of amides is 1. The monoisotopic (exact) mass is 265 g/mol. The lowest BCUT2D eigenvalue weighted by molar-refractivity contribution is -0.377. The normalized spacial score (nSPS) is 52.1. The summed E-state index contributed by atoms with van der Waals surface area (Å²) in [6.07, 6.45) is 1.97. The summed E-state index contributed by atoms with van der Waals surface area (Å²) in [5.41, 5.74) is -0.402. The van der Waals surface area contributed by atoms with E-state index < -0.39 is 5.41 Å². The summed E-state index contributed by atoms with van der Waals surface area (Å²) in [7, 11) is 2.86. The van der Waals surface area contributed by atoms with Crippen molar-refractivity contribution in [1.29, 1.82) is 0 Å². The molecule has 5 nitrogen and oxygen atoms in total. The molecule has 0 aromatic rings. The Kier molecular flexibility index (Phi) is 1.87. The number of ether oxygens (including phenoxy) is 2. The van der Waals surface area contributed by atoms with Gasteiger partial charge in [-0.1, -0.05) is 6.92 Å². The zero-order valence-corrected chi connectivity index (χ0v) is 11.5. The molecule has 6 unspecified atom stereocenters. The van der Waals surface area contributed by atoms with Gasteiger partial charge in [0.1, 0.15) is 0 Å². The Morgan fingerprint density at radius 3 is 2.58 bits per heavy atom. The van der Waals surface area contributed by atoms with E-state index >= 15 is 0 Å². The molecule has 0 aromatic heterocycles. The lowest BCUT2D eigenvalue weighted by atomic mass is 9.20. The molecule has 7 fully saturated rings. The van der Waals surface area contributed by atoms with Crippen LogP contribution in [0.25, 0.3) is 0 Å². The van der Waals surface area contributed by atoms with Crippen LogP contribution in [0, 0.1) is 28.6 Å². The maximum atomic E-state index is 12.4. The maximum absolute atomic E-state index is 12.4. The number of hydrogen-bond donors (Lipinski definition) is 0. The fraction of sp³-hybridized carbons (Fsp3) is 0.857. The molecule has 5 aliphatic carbocycles. The molecule has 7 aliphatic rings. The van der Waals surface area contributed by atoms with Crippen molar-refractivity contribution in [3.05, 3.63) is 0 Å². The smallest absolute Gasteiger partial charge is 0.409 e. The van der Waals surface area contributed by atoms with Gasteiger partial charge in [-0.05, 0) is 36.0 Å². The number of methoxy groups -OCH3 is 2. The van der Waals surface area contributed by atoms with Crippen molar-refractivity contribution in [3.8, 4) is 0 Å². The second kappa shape index (κ2) is 3.07. The van der Waals surface area contributed by atoms with Crippen LogP contribution in [0.5, 0.6) is 0 Å². The van der Waals surface area contributed by atoms with E-state index in [0.717, 1.165) is 19.4 Å². The van der Waals surface area contributed by atoms with E-state index in [-0.39, 0.29) is 23.5 Å². The minimum absolute atomic E-state index is 0.00106. The molecule has 1 amide bonds. The van der Waals surface area contributed by atoms with Gasteiger partial charge in [0, 0.05) is 6.54 Å². The van der Waals surface area contributed by atoms with Crippen molar-refractivity contribution in [2.24, 2.45) is 28.6 Å². The summed E-state index contributed by atoms with van der Waals surface area (Å²) in [6, 6.07) is 0.00106. The molecule has 0 aromatic carbocycles. The minimum atomic E-state index is -0.443. The first-order valence-electron chi connectivity index (χ1n) is 6.95. The van der Waals surface area contributed by atoms with Gasteiger partial charge in [-0.2, -0.15) is 0 Å². The molecular formula is C14H19NO4. The van der Waals surface area contributed by atoms with E-state index in [1.165, 1.54) is 14.2 Å². The van der Waals surface area contributed by atoms with Gasteiger partial charge in [0.25, 0.3) is 0 Å². The first kappa shape index (κ1) is 11.6. The van der Waals surface area contributed by atoms with E-state index in [1.54, 1.807) is 4.90 Å². The van der Waals surface area contributed by atoms with E-state index in [1.807, 2.05) is 0 Å². The Hall–Kier alpha value is -1.26. The Balaban J connectivity index is 1.79. The van der Waals surface area contributed by atoms with Crippen LogP contribution in [0.3, 0.4) is 0 Å². The SMILES string of the molecule is COC(=O)N1CC2CC3C1C1(C(=O)OC)C2CC31C. The number of hydrogen-bond acceptors (Lipinski definition) is 4. The molecule has 0 N–H and O–H groups in total. The van der Waals surface area contributed by atoms with Gasteiger partial charge >= 0.3 is 12.1 Å². The fourth-order valence-corrected chi connectivity index (χ4v) is 6.09. The highest BCUT2D eigenvalue weighted by atomic mass is 16.5. The van der Waals surface area contributed by atoms with Gasteiger partial charge in [-0.3, -0.25) is 4.79 Å². The highest BCUT2D eigenvalue weighted by Crippen LogP contribution is 2.85. The number of carbonyl (C=O) groups excluding carboxylic acids is 2. The van der Waals surface area contributed by atoms with Gasteiger partial charge in [0.15, 0.2) is 0 Å². The third-order valence-corrected chi connectivity index (χ3v) is 6.66. The van der Waals surface area contributed by atoms with Crippen molar-refractivity contribution < 1.29 is 19.1 Å². The largest absolute Gasteiger partial charge is 0.469 e. The molecular weight excluding hydrogens is 246 g/mol. The minimum Gasteiger partial charge on any atom is -0.469 e. The zero-order chi connectivity index (χ0) is 13.6. The van der Waals surface area contributed by atoms with Gasteiger partial charge < -0.3 is 14.4 Å². The van der Waals surface area contributed by atoms with Crippen LogP contribution in [0.1, 0.15) is 19.8 Å². The van der Waals surface area contributed by atoms with E-state index in [0.29, 0.717) is 17.8 Å². The number of nitrogens with zero attached hydrogens (tertiary/aromatic N) is 1. The summed E-state index contributed by atoms with van der Waals surface area (Å²) in [5.74, 6) is 1.16. The fourth-order valence-electron chi connectivity index (χ4n) is 6.09. The van der Waals surface area contributed by atoms with Crippen molar-refractivity contribution in [2.75, 3.05) is 20.8 Å². The second-order valence-corrected chi connectivity index (χ2v) is 6.76. The van der Waals surface area contributed by atoms with Gasteiger partial charge in [0.2, 0.25) is 0 Å². The highest BCUT2D eigenvalue weighted by molar-refractivity contribution is 5.86. The number of carbonyl (C=O) groups is 2. The summed E-state index contributed by atoms with van der Waals surface area (Å²) in [4.78, 5) is 26.2. The molecule has 0 spiro atoms. The molecule has 5 saturated carbocycles. The number of fused-ring (bicyclic) bond motifs is 1. The van der Waals surface area contributed by atoms with Crippen LogP contribution >= 0.6 is 0 Å². The molecule has 0 radical (unpaired) electrons. The standard InChI is InChI=1S/C14H19NO4/c1-13-5-9-7-4-8(13)10(14(9,13)11(16)18-2)15(6-7)12(17)19-3/h7-10H,4-6H2,1-3H3. The van der Waals surface area contributed by atoms with E-state index in [9.17, 15) is 9.59 Å². The third-order valence-electron chi connectivity index (χ3n) is 6.66. The predicted octanol–water partition coefficient (Wildman–Crippen LogP) is 1.27. The van der Waals surface area contributed by atoms with Crippen LogP contribution in [0.15, 0.2) is 0 Å². The molecule has 2 heterocycles. The molecule has 6 atom stereocenters. The Labute approximate surface area is 112 Å². The van der Waals surface area contributed by atoms with Gasteiger partial charge in [-0.25, -0.2) is 4.79 Å². The van der Waals surface area contributed by atoms with Gasteiger partial charge in [0.05, 0.1) is 25.7 Å². The maximum Gasteiger partial charge on any atom is 0.409 e. The van der Waals surface area contributed by atoms with Crippen LogP contribution in [-0.2, 0) is 14.3 Å². The van der Waals surface area contributed by atoms with E-state index in [4.69, 9.17) is 9.47 Å². The predicted molar refractivity (Wildman–Crippen MR) is 65.2 cm³/mol. The Morgan fingerprint density at radius 1 is 1.21 bits per heavy atom. The topological polar surface area (TPSA) is 55.8 Å². The molecule has 6 bridgehead atoms. The molecule has 2 aliphatic heterocycles. The lowest BCUT2D eigenvalue weighted by Gasteiger charge is -2.86. The Morgan fingerprint density at radius 2 is 1.95 bits per heavy atom. The average molecular weight is 265 g/mol. The second-order valence-electron chi connectivity index (χ2n) is 6.76. The van der Waals surface area contributed by atoms with Gasteiger partial charge in [-0.15, -0.1) is 0 Å². The van der Waals surface area contributed by atoms with Crippen molar-refractivity contribution >= 4 is 12.1 Å². The first-order valence-corrected chi connectivity index (χ1v) is 6.95. The number of esters is 1. The lowest BCUT2D eigenvalue weighted by Crippen LogP contribution is -2.91. The van der Waals surface area contributed by atoms with Crippen LogP contribution < -0.4 is 0 Å². The van der Waals surface area contributed by atoms with E-state index in [2.05, 4.69) is 6.92 Å². The molecule has 7 rings (SSSR count). The number of rotatable bonds is 1. The average Bonchev–Trinajstić information content (AvgIpc) is 2.43. The van der Waals surface area contributed by atoms with Crippen LogP contribution in [0.4, 0.5) is 4.79 Å². The summed E-state index contributed by atoms with van der Waals surface area (Å²) < 4.78 is 9.98. The molecule has 5 heteroatoms. The van der Waals surface area contributed by atoms with Crippen LogP contribution in [-0.4, -0.2) is 43.8 Å². The first-order chi connectivity index (χ1) is 9.02. The third kappa shape index (κ3) is 0.868. The zero-order valence-electron chi connectivity index (χ0n) is 11.5. The van der Waals surface area contributed by atoms with Crippen molar-refractivity contribution in [3.63, 3.8) is 0 Å². The molecule has 19 heavy (non-hydrogen) atoms. The number of piperidine rings is 2. The summed E-state index contributed by atoms with van der Waals surface area (Å²) >= 11 is 0.